The second-order valence-corrected chi connectivity index (χ2v) is 10.7. The Morgan fingerprint density at radius 3 is 2.74 bits per heavy atom. The first-order valence-electron chi connectivity index (χ1n) is 13.9. The van der Waals surface area contributed by atoms with Crippen LogP contribution in [0.15, 0.2) is 79.0 Å². The Kier molecular flexibility index (Phi) is 9.74. The quantitative estimate of drug-likeness (QED) is 0.194. The van der Waals surface area contributed by atoms with Crippen LogP contribution in [0.5, 0.6) is 11.5 Å². The number of likely N-dealkylation sites (N-methyl/N-ethyl adjacent to an activating group) is 1. The van der Waals surface area contributed by atoms with Crippen LogP contribution in [0.3, 0.4) is 0 Å². The summed E-state index contributed by atoms with van der Waals surface area (Å²) < 4.78 is 17.6. The Bertz CT molecular complexity index is 1660. The van der Waals surface area contributed by atoms with E-state index >= 15 is 0 Å². The van der Waals surface area contributed by atoms with Crippen LogP contribution in [-0.2, 0) is 16.1 Å². The van der Waals surface area contributed by atoms with E-state index in [1.807, 2.05) is 55.4 Å². The highest BCUT2D eigenvalue weighted by Gasteiger charge is 2.21. The molecule has 1 aromatic heterocycles. The molecule has 3 aromatic carbocycles. The molecule has 1 aliphatic rings. The molecule has 0 spiro atoms. The van der Waals surface area contributed by atoms with E-state index in [0.717, 1.165) is 12.0 Å². The van der Waals surface area contributed by atoms with Crippen molar-refractivity contribution in [3.63, 3.8) is 0 Å². The summed E-state index contributed by atoms with van der Waals surface area (Å²) in [5.74, 6) is 0.718. The number of nitrogens with zero attached hydrogens (tertiary/aromatic N) is 3. The molecule has 1 fully saturated rings. The average molecular weight is 598 g/mol. The Labute approximate surface area is 255 Å². The summed E-state index contributed by atoms with van der Waals surface area (Å²) in [5, 5.41) is 17.3. The lowest BCUT2D eigenvalue weighted by atomic mass is 10.1. The van der Waals surface area contributed by atoms with Crippen LogP contribution in [0.25, 0.3) is 10.9 Å². The number of pyridine rings is 1. The number of benzene rings is 3. The number of anilines is 3. The van der Waals surface area contributed by atoms with Gasteiger partial charge in [0.25, 0.3) is 0 Å². The van der Waals surface area contributed by atoms with Crippen molar-refractivity contribution >= 4 is 45.5 Å². The van der Waals surface area contributed by atoms with Gasteiger partial charge in [0.2, 0.25) is 5.91 Å². The minimum absolute atomic E-state index is 0.141. The zero-order valence-corrected chi connectivity index (χ0v) is 24.7. The first-order chi connectivity index (χ1) is 20.9. The summed E-state index contributed by atoms with van der Waals surface area (Å²) in [6, 6.07) is 20.9. The van der Waals surface area contributed by atoms with Gasteiger partial charge in [-0.3, -0.25) is 9.78 Å². The van der Waals surface area contributed by atoms with Gasteiger partial charge in [-0.25, -0.2) is 0 Å². The first kappa shape index (κ1) is 29.9. The maximum atomic E-state index is 12.8. The van der Waals surface area contributed by atoms with E-state index in [2.05, 4.69) is 21.7 Å². The van der Waals surface area contributed by atoms with Gasteiger partial charge in [0.05, 0.1) is 40.7 Å². The molecule has 4 aromatic rings. The van der Waals surface area contributed by atoms with Crippen molar-refractivity contribution in [2.75, 3.05) is 44.5 Å². The van der Waals surface area contributed by atoms with Crippen molar-refractivity contribution in [1.82, 2.24) is 9.88 Å². The zero-order chi connectivity index (χ0) is 30.2. The third kappa shape index (κ3) is 7.81. The summed E-state index contributed by atoms with van der Waals surface area (Å²) in [6.07, 6.45) is 5.38. The zero-order valence-electron chi connectivity index (χ0n) is 24.0. The van der Waals surface area contributed by atoms with Gasteiger partial charge in [-0.05, 0) is 43.9 Å². The summed E-state index contributed by atoms with van der Waals surface area (Å²) in [4.78, 5) is 19.3. The number of nitrogens with one attached hydrogen (secondary N) is 2. The van der Waals surface area contributed by atoms with Crippen molar-refractivity contribution in [2.24, 2.45) is 0 Å². The van der Waals surface area contributed by atoms with Crippen LogP contribution in [0.4, 0.5) is 17.1 Å². The monoisotopic (exact) mass is 597 g/mol. The van der Waals surface area contributed by atoms with Crippen molar-refractivity contribution in [2.45, 2.75) is 19.1 Å². The number of ether oxygens (including phenoxy) is 3. The molecule has 1 unspecified atom stereocenters. The van der Waals surface area contributed by atoms with E-state index in [1.54, 1.807) is 30.3 Å². The van der Waals surface area contributed by atoms with E-state index in [-0.39, 0.29) is 12.0 Å². The number of nitriles is 1. The Hall–Kier alpha value is -4.62. The second kappa shape index (κ2) is 14.0. The normalized spacial score (nSPS) is 14.6. The van der Waals surface area contributed by atoms with Gasteiger partial charge in [-0.2, -0.15) is 5.26 Å². The third-order valence-corrected chi connectivity index (χ3v) is 7.00. The molecule has 1 saturated heterocycles. The lowest BCUT2D eigenvalue weighted by molar-refractivity contribution is -0.111. The molecule has 5 rings (SSSR count). The van der Waals surface area contributed by atoms with Crippen LogP contribution >= 0.6 is 11.6 Å². The number of aromatic nitrogens is 1. The van der Waals surface area contributed by atoms with Crippen molar-refractivity contribution in [3.8, 4) is 17.6 Å². The van der Waals surface area contributed by atoms with E-state index in [0.29, 0.717) is 76.4 Å². The lowest BCUT2D eigenvalue weighted by Crippen LogP contribution is -2.18. The number of hydrogen-bond acceptors (Lipinski definition) is 8. The van der Waals surface area contributed by atoms with Crippen LogP contribution in [0, 0.1) is 11.3 Å². The number of halogens is 1. The maximum Gasteiger partial charge on any atom is 0.248 e. The van der Waals surface area contributed by atoms with Crippen LogP contribution < -0.4 is 20.1 Å². The fourth-order valence-electron chi connectivity index (χ4n) is 4.54. The van der Waals surface area contributed by atoms with E-state index in [9.17, 15) is 10.1 Å². The minimum Gasteiger partial charge on any atom is -0.487 e. The highest BCUT2D eigenvalue weighted by Crippen LogP contribution is 2.38. The van der Waals surface area contributed by atoms with E-state index in [4.69, 9.17) is 25.8 Å². The van der Waals surface area contributed by atoms with Gasteiger partial charge in [0.15, 0.2) is 0 Å². The Morgan fingerprint density at radius 1 is 1.19 bits per heavy atom. The van der Waals surface area contributed by atoms with Gasteiger partial charge >= 0.3 is 0 Å². The fourth-order valence-corrected chi connectivity index (χ4v) is 4.78. The van der Waals surface area contributed by atoms with Gasteiger partial charge in [-0.1, -0.05) is 48.0 Å². The highest BCUT2D eigenvalue weighted by atomic mass is 35.5. The number of amides is 1. The molecule has 0 aliphatic carbocycles. The number of carbonyl (C=O) groups excluding carboxylic acids is 1. The van der Waals surface area contributed by atoms with Crippen LogP contribution in [-0.4, -0.2) is 55.7 Å². The fraction of sp³-hybridized carbons (Fsp3) is 0.242. The molecule has 0 radical (unpaired) electrons. The molecule has 1 aliphatic heterocycles. The number of carbonyl (C=O) groups is 1. The molecule has 9 nitrogen and oxygen atoms in total. The number of fused-ring (bicyclic) bond motifs is 1. The Balaban J connectivity index is 1.46. The molecule has 1 atom stereocenters. The molecular formula is C33H32ClN5O4. The predicted octanol–water partition coefficient (Wildman–Crippen LogP) is 6.31. The molecule has 220 valence electrons. The summed E-state index contributed by atoms with van der Waals surface area (Å²) in [5.41, 5.74) is 3.58. The van der Waals surface area contributed by atoms with Gasteiger partial charge < -0.3 is 29.7 Å². The first-order valence-corrected chi connectivity index (χ1v) is 14.2. The standard InChI is InChI=1S/C33H32ClN5O4/c1-39(2)13-6-9-32(40)38-29-16-26-28(17-31(29)43-25-12-14-41-21-25)36-19-23(18-35)33(26)37-24-10-11-30(27(34)15-24)42-20-22-7-4-3-5-8-22/h3-11,15-17,19,25H,12-14,20-21H2,1-2H3,(H,36,37)(H,38,40). The van der Waals surface area contributed by atoms with E-state index < -0.39 is 0 Å². The summed E-state index contributed by atoms with van der Waals surface area (Å²) in [7, 11) is 3.85. The maximum absolute atomic E-state index is 12.8. The summed E-state index contributed by atoms with van der Waals surface area (Å²) >= 11 is 6.57. The second-order valence-electron chi connectivity index (χ2n) is 10.3. The average Bonchev–Trinajstić information content (AvgIpc) is 3.51. The molecule has 0 bridgehead atoms. The van der Waals surface area contributed by atoms with Crippen molar-refractivity contribution in [3.05, 3.63) is 95.2 Å². The minimum atomic E-state index is -0.300. The van der Waals surface area contributed by atoms with Crippen LogP contribution in [0.1, 0.15) is 17.5 Å². The Morgan fingerprint density at radius 2 is 2.02 bits per heavy atom. The van der Waals surface area contributed by atoms with Gasteiger partial charge in [0, 0.05) is 42.4 Å². The summed E-state index contributed by atoms with van der Waals surface area (Å²) in [6.45, 7) is 2.09. The molecule has 1 amide bonds. The van der Waals surface area contributed by atoms with Gasteiger partial charge in [0.1, 0.15) is 30.3 Å². The lowest BCUT2D eigenvalue weighted by Gasteiger charge is -2.19. The number of hydrogen-bond donors (Lipinski definition) is 2. The smallest absolute Gasteiger partial charge is 0.248 e. The topological polar surface area (TPSA) is 109 Å². The van der Waals surface area contributed by atoms with Crippen LogP contribution in [0.2, 0.25) is 5.02 Å². The molecule has 2 heterocycles. The van der Waals surface area contributed by atoms with Gasteiger partial charge in [-0.15, -0.1) is 0 Å². The molecule has 43 heavy (non-hydrogen) atoms. The molecular weight excluding hydrogens is 566 g/mol. The predicted molar refractivity (Wildman–Crippen MR) is 168 cm³/mol. The van der Waals surface area contributed by atoms with Crippen molar-refractivity contribution < 1.29 is 19.0 Å². The number of rotatable bonds is 11. The van der Waals surface area contributed by atoms with Crippen molar-refractivity contribution in [1.29, 1.82) is 5.26 Å². The van der Waals surface area contributed by atoms with E-state index in [1.165, 1.54) is 12.3 Å². The third-order valence-electron chi connectivity index (χ3n) is 6.71. The molecule has 0 saturated carbocycles. The molecule has 10 heteroatoms. The largest absolute Gasteiger partial charge is 0.487 e. The highest BCUT2D eigenvalue weighted by molar-refractivity contribution is 6.32. The SMILES string of the molecule is CN(C)CC=CC(=O)Nc1cc2c(Nc3ccc(OCc4ccccc4)c(Cl)c3)c(C#N)cnc2cc1OC1CCOC1. The molecule has 2 N–H and O–H groups in total.